The summed E-state index contributed by atoms with van der Waals surface area (Å²) in [4.78, 5) is 14.4. The third-order valence-corrected chi connectivity index (χ3v) is 3.87. The largest absolute Gasteiger partial charge is 0.383 e. The van der Waals surface area contributed by atoms with Crippen molar-refractivity contribution in [3.63, 3.8) is 0 Å². The van der Waals surface area contributed by atoms with Gasteiger partial charge in [-0.05, 0) is 38.0 Å². The van der Waals surface area contributed by atoms with Crippen LogP contribution >= 0.6 is 0 Å². The fraction of sp³-hybridized carbons (Fsp3) is 0.588. The lowest BCUT2D eigenvalue weighted by atomic mass is 10.2. The molecule has 0 aromatic heterocycles. The van der Waals surface area contributed by atoms with Gasteiger partial charge in [0.25, 0.3) is 0 Å². The highest BCUT2D eigenvalue weighted by Crippen LogP contribution is 2.22. The molecule has 0 radical (unpaired) electrons. The Morgan fingerprint density at radius 1 is 1.27 bits per heavy atom. The van der Waals surface area contributed by atoms with E-state index in [0.29, 0.717) is 6.61 Å². The zero-order chi connectivity index (χ0) is 15.8. The molecule has 5 nitrogen and oxygen atoms in total. The topological polar surface area (TPSA) is 53.6 Å². The molecule has 1 aliphatic heterocycles. The molecule has 0 bridgehead atoms. The molecule has 1 fully saturated rings. The smallest absolute Gasteiger partial charge is 0.319 e. The number of nitrogens with one attached hydrogen (secondary N) is 2. The Labute approximate surface area is 133 Å². The van der Waals surface area contributed by atoms with Gasteiger partial charge in [-0.3, -0.25) is 0 Å². The van der Waals surface area contributed by atoms with Crippen LogP contribution < -0.4 is 15.5 Å². The van der Waals surface area contributed by atoms with Crippen LogP contribution in [0.1, 0.15) is 32.6 Å². The summed E-state index contributed by atoms with van der Waals surface area (Å²) >= 11 is 0. The number of nitrogens with zero attached hydrogens (tertiary/aromatic N) is 1. The van der Waals surface area contributed by atoms with E-state index in [0.717, 1.165) is 18.8 Å². The summed E-state index contributed by atoms with van der Waals surface area (Å²) in [7, 11) is 1.63. The highest BCUT2D eigenvalue weighted by molar-refractivity contribution is 5.90. The highest BCUT2D eigenvalue weighted by atomic mass is 16.5. The second kappa shape index (κ2) is 8.63. The maximum absolute atomic E-state index is 11.9. The Morgan fingerprint density at radius 2 is 2.00 bits per heavy atom. The van der Waals surface area contributed by atoms with Gasteiger partial charge in [0, 0.05) is 31.6 Å². The number of carbonyl (C=O) groups is 1. The molecule has 2 amide bonds. The van der Waals surface area contributed by atoms with Crippen molar-refractivity contribution in [2.45, 2.75) is 38.6 Å². The van der Waals surface area contributed by atoms with Crippen molar-refractivity contribution in [2.75, 3.05) is 37.0 Å². The van der Waals surface area contributed by atoms with Gasteiger partial charge >= 0.3 is 6.03 Å². The monoisotopic (exact) mass is 305 g/mol. The summed E-state index contributed by atoms with van der Waals surface area (Å²) in [5.41, 5.74) is 2.01. The number of rotatable bonds is 5. The first-order valence-corrected chi connectivity index (χ1v) is 8.10. The Morgan fingerprint density at radius 3 is 2.68 bits per heavy atom. The quantitative estimate of drug-likeness (QED) is 0.878. The number of ether oxygens (including phenoxy) is 1. The van der Waals surface area contributed by atoms with Gasteiger partial charge in [-0.25, -0.2) is 4.79 Å². The second-order valence-corrected chi connectivity index (χ2v) is 5.91. The minimum atomic E-state index is -0.197. The molecule has 1 heterocycles. The van der Waals surface area contributed by atoms with Crippen molar-refractivity contribution in [3.05, 3.63) is 24.3 Å². The third kappa shape index (κ3) is 5.22. The SMILES string of the molecule is COCC(C)NC(=O)Nc1cccc(N2CCCCCC2)c1. The molecule has 22 heavy (non-hydrogen) atoms. The van der Waals surface area contributed by atoms with E-state index in [2.05, 4.69) is 21.6 Å². The zero-order valence-corrected chi connectivity index (χ0v) is 13.6. The first kappa shape index (κ1) is 16.6. The molecule has 1 atom stereocenters. The van der Waals surface area contributed by atoms with Crippen LogP contribution in [0.25, 0.3) is 0 Å². The van der Waals surface area contributed by atoms with E-state index in [4.69, 9.17) is 4.74 Å². The normalized spacial score (nSPS) is 16.7. The summed E-state index contributed by atoms with van der Waals surface area (Å²) in [5, 5.41) is 5.74. The zero-order valence-electron chi connectivity index (χ0n) is 13.6. The lowest BCUT2D eigenvalue weighted by Gasteiger charge is -2.23. The minimum absolute atomic E-state index is 0.0150. The van der Waals surface area contributed by atoms with Crippen LogP contribution in [-0.2, 0) is 4.74 Å². The lowest BCUT2D eigenvalue weighted by Crippen LogP contribution is -2.38. The Hall–Kier alpha value is -1.75. The average molecular weight is 305 g/mol. The fourth-order valence-corrected chi connectivity index (χ4v) is 2.79. The van der Waals surface area contributed by atoms with Crippen molar-refractivity contribution in [1.29, 1.82) is 0 Å². The molecular formula is C17H27N3O2. The van der Waals surface area contributed by atoms with Gasteiger partial charge in [-0.2, -0.15) is 0 Å². The van der Waals surface area contributed by atoms with Crippen LogP contribution in [0.15, 0.2) is 24.3 Å². The van der Waals surface area contributed by atoms with Crippen molar-refractivity contribution >= 4 is 17.4 Å². The van der Waals surface area contributed by atoms with Gasteiger partial charge in [-0.15, -0.1) is 0 Å². The second-order valence-electron chi connectivity index (χ2n) is 5.91. The first-order chi connectivity index (χ1) is 10.7. The molecule has 1 aromatic carbocycles. The van der Waals surface area contributed by atoms with Crippen LogP contribution in [0.2, 0.25) is 0 Å². The number of hydrogen-bond donors (Lipinski definition) is 2. The molecule has 0 aliphatic carbocycles. The number of carbonyl (C=O) groups excluding carboxylic acids is 1. The van der Waals surface area contributed by atoms with Gasteiger partial charge in [0.05, 0.1) is 12.6 Å². The van der Waals surface area contributed by atoms with E-state index in [1.165, 1.54) is 31.4 Å². The number of amides is 2. The van der Waals surface area contributed by atoms with E-state index in [1.54, 1.807) is 7.11 Å². The Balaban J connectivity index is 1.94. The predicted molar refractivity (Wildman–Crippen MR) is 90.6 cm³/mol. The predicted octanol–water partition coefficient (Wildman–Crippen LogP) is 3.22. The van der Waals surface area contributed by atoms with Crippen LogP contribution in [-0.4, -0.2) is 38.9 Å². The molecule has 122 valence electrons. The van der Waals surface area contributed by atoms with Gasteiger partial charge in [0.1, 0.15) is 0 Å². The van der Waals surface area contributed by atoms with Gasteiger partial charge in [0.15, 0.2) is 0 Å². The summed E-state index contributed by atoms with van der Waals surface area (Å²) in [6.45, 7) is 4.61. The molecule has 5 heteroatoms. The molecule has 2 N–H and O–H groups in total. The van der Waals surface area contributed by atoms with Gasteiger partial charge < -0.3 is 20.3 Å². The number of methoxy groups -OCH3 is 1. The van der Waals surface area contributed by atoms with Crippen molar-refractivity contribution < 1.29 is 9.53 Å². The summed E-state index contributed by atoms with van der Waals surface area (Å²) in [6, 6.07) is 7.86. The summed E-state index contributed by atoms with van der Waals surface area (Å²) in [5.74, 6) is 0. The van der Waals surface area contributed by atoms with Crippen LogP contribution in [0.5, 0.6) is 0 Å². The Kier molecular flexibility index (Phi) is 6.52. The number of benzene rings is 1. The van der Waals surface area contributed by atoms with E-state index < -0.39 is 0 Å². The molecule has 1 aliphatic rings. The molecule has 0 spiro atoms. The average Bonchev–Trinajstić information content (AvgIpc) is 2.76. The van der Waals surface area contributed by atoms with E-state index in [1.807, 2.05) is 25.1 Å². The number of anilines is 2. The van der Waals surface area contributed by atoms with Crippen LogP contribution in [0, 0.1) is 0 Å². The maximum Gasteiger partial charge on any atom is 0.319 e. The molecule has 0 saturated carbocycles. The maximum atomic E-state index is 11.9. The van der Waals surface area contributed by atoms with Crippen molar-refractivity contribution in [3.8, 4) is 0 Å². The number of urea groups is 1. The van der Waals surface area contributed by atoms with E-state index in [-0.39, 0.29) is 12.1 Å². The van der Waals surface area contributed by atoms with Crippen molar-refractivity contribution in [2.24, 2.45) is 0 Å². The van der Waals surface area contributed by atoms with E-state index >= 15 is 0 Å². The minimum Gasteiger partial charge on any atom is -0.383 e. The van der Waals surface area contributed by atoms with E-state index in [9.17, 15) is 4.79 Å². The first-order valence-electron chi connectivity index (χ1n) is 8.10. The standard InChI is InChI=1S/C17H27N3O2/c1-14(13-22-2)18-17(21)19-15-8-7-9-16(12-15)20-10-5-3-4-6-11-20/h7-9,12,14H,3-6,10-11,13H2,1-2H3,(H2,18,19,21). The molecule has 1 unspecified atom stereocenters. The highest BCUT2D eigenvalue weighted by Gasteiger charge is 2.11. The van der Waals surface area contributed by atoms with Gasteiger partial charge in [0.2, 0.25) is 0 Å². The summed E-state index contributed by atoms with van der Waals surface area (Å²) in [6.07, 6.45) is 5.11. The fourth-order valence-electron chi connectivity index (χ4n) is 2.79. The molecule has 1 aromatic rings. The van der Waals surface area contributed by atoms with Crippen LogP contribution in [0.3, 0.4) is 0 Å². The molecule has 2 rings (SSSR count). The lowest BCUT2D eigenvalue weighted by molar-refractivity contribution is 0.173. The molecule has 1 saturated heterocycles. The van der Waals surface area contributed by atoms with Gasteiger partial charge in [-0.1, -0.05) is 18.9 Å². The summed E-state index contributed by atoms with van der Waals surface area (Å²) < 4.78 is 5.02. The third-order valence-electron chi connectivity index (χ3n) is 3.87. The molecular weight excluding hydrogens is 278 g/mol. The number of hydrogen-bond acceptors (Lipinski definition) is 3. The van der Waals surface area contributed by atoms with Crippen molar-refractivity contribution in [1.82, 2.24) is 5.32 Å². The van der Waals surface area contributed by atoms with Crippen LogP contribution in [0.4, 0.5) is 16.2 Å². The Bertz CT molecular complexity index is 471.